The highest BCUT2D eigenvalue weighted by atomic mass is 31.1. The Bertz CT molecular complexity index is 232. The lowest BCUT2D eigenvalue weighted by atomic mass is 10.0. The number of ketones is 1. The summed E-state index contributed by atoms with van der Waals surface area (Å²) in [5.41, 5.74) is -2.42. The van der Waals surface area contributed by atoms with Crippen molar-refractivity contribution in [1.29, 1.82) is 0 Å². The first-order chi connectivity index (χ1) is 5.78. The Labute approximate surface area is 75.1 Å². The molecule has 0 saturated carbocycles. The van der Waals surface area contributed by atoms with Crippen molar-refractivity contribution in [3.8, 4) is 0 Å². The van der Waals surface area contributed by atoms with Gasteiger partial charge in [-0.1, -0.05) is 0 Å². The number of carboxylic acids is 1. The van der Waals surface area contributed by atoms with Crippen LogP contribution in [0.5, 0.6) is 0 Å². The molecular formula is C6H10O6P+. The van der Waals surface area contributed by atoms with Gasteiger partial charge in [0.05, 0.1) is 6.42 Å². The van der Waals surface area contributed by atoms with Crippen LogP contribution >= 0.6 is 8.03 Å². The van der Waals surface area contributed by atoms with Crippen LogP contribution in [-0.4, -0.2) is 38.6 Å². The van der Waals surface area contributed by atoms with Gasteiger partial charge in [-0.2, -0.15) is 4.89 Å². The summed E-state index contributed by atoms with van der Waals surface area (Å²) in [5, 5.41) is 17.8. The van der Waals surface area contributed by atoms with Gasteiger partial charge in [-0.3, -0.25) is 4.79 Å². The molecular weight excluding hydrogens is 199 g/mol. The molecule has 0 aromatic heterocycles. The Morgan fingerprint density at radius 2 is 1.92 bits per heavy atom. The van der Waals surface area contributed by atoms with Crippen LogP contribution in [0, 0.1) is 0 Å². The summed E-state index contributed by atoms with van der Waals surface area (Å²) in [6, 6.07) is 0. The summed E-state index contributed by atoms with van der Waals surface area (Å²) in [6.45, 7) is 1.10. The Morgan fingerprint density at radius 1 is 1.46 bits per heavy atom. The first-order valence-corrected chi connectivity index (χ1v) is 4.76. The topological polar surface area (TPSA) is 112 Å². The Balaban J connectivity index is 4.62. The monoisotopic (exact) mass is 209 g/mol. The summed E-state index contributed by atoms with van der Waals surface area (Å²) >= 11 is 0. The minimum absolute atomic E-state index is 0.554. The average Bonchev–Trinajstić information content (AvgIpc) is 1.82. The quantitative estimate of drug-likeness (QED) is 0.527. The van der Waals surface area contributed by atoms with E-state index in [2.05, 4.69) is 0 Å². The number of hydrogen-bond acceptors (Lipinski definition) is 4. The molecule has 2 atom stereocenters. The second-order valence-corrected chi connectivity index (χ2v) is 3.75. The van der Waals surface area contributed by atoms with Gasteiger partial charge in [-0.15, -0.1) is 0 Å². The van der Waals surface area contributed by atoms with Crippen LogP contribution in [0.2, 0.25) is 0 Å². The number of rotatable bonds is 5. The molecule has 3 N–H and O–H groups in total. The third-order valence-electron chi connectivity index (χ3n) is 1.34. The van der Waals surface area contributed by atoms with Gasteiger partial charge in [0, 0.05) is 0 Å². The molecule has 0 heterocycles. The molecule has 74 valence electrons. The zero-order chi connectivity index (χ0) is 10.6. The maximum Gasteiger partial charge on any atom is 0.509 e. The van der Waals surface area contributed by atoms with Crippen LogP contribution in [0.25, 0.3) is 0 Å². The van der Waals surface area contributed by atoms with E-state index in [1.54, 1.807) is 0 Å². The number of hydrogen-bond donors (Lipinski definition) is 3. The van der Waals surface area contributed by atoms with Crippen molar-refractivity contribution in [1.82, 2.24) is 0 Å². The fourth-order valence-corrected chi connectivity index (χ4v) is 1.53. The van der Waals surface area contributed by atoms with Crippen molar-refractivity contribution < 1.29 is 29.3 Å². The van der Waals surface area contributed by atoms with E-state index >= 15 is 0 Å². The van der Waals surface area contributed by atoms with Crippen molar-refractivity contribution >= 4 is 19.8 Å². The van der Waals surface area contributed by atoms with E-state index in [1.165, 1.54) is 0 Å². The molecule has 2 unspecified atom stereocenters. The number of aliphatic carboxylic acids is 1. The van der Waals surface area contributed by atoms with Crippen molar-refractivity contribution in [3.63, 3.8) is 0 Å². The molecule has 0 aliphatic heterocycles. The molecule has 0 bridgehead atoms. The maximum atomic E-state index is 10.5. The summed E-state index contributed by atoms with van der Waals surface area (Å²) in [7, 11) is -2.78. The largest absolute Gasteiger partial charge is 0.509 e. The molecule has 0 radical (unpaired) electrons. The van der Waals surface area contributed by atoms with E-state index in [0.717, 1.165) is 6.92 Å². The summed E-state index contributed by atoms with van der Waals surface area (Å²) in [6.07, 6.45) is -1.50. The first kappa shape index (κ1) is 12.2. The van der Waals surface area contributed by atoms with Gasteiger partial charge in [-0.25, -0.2) is 4.79 Å². The molecule has 7 heteroatoms. The number of carbonyl (C=O) groups is 2. The fraction of sp³-hybridized carbons (Fsp3) is 0.667. The van der Waals surface area contributed by atoms with Crippen molar-refractivity contribution in [2.45, 2.75) is 18.9 Å². The fourth-order valence-electron chi connectivity index (χ4n) is 0.835. The second kappa shape index (κ2) is 4.41. The minimum atomic E-state index is -2.78. The van der Waals surface area contributed by atoms with Gasteiger partial charge >= 0.3 is 14.0 Å². The normalized spacial score (nSPS) is 16.1. The smallest absolute Gasteiger partial charge is 0.479 e. The van der Waals surface area contributed by atoms with Crippen molar-refractivity contribution in [2.24, 2.45) is 0 Å². The van der Waals surface area contributed by atoms with E-state index in [-0.39, 0.29) is 0 Å². The Hall–Kier alpha value is -0.840. The van der Waals surface area contributed by atoms with Gasteiger partial charge in [0.1, 0.15) is 5.78 Å². The lowest BCUT2D eigenvalue weighted by molar-refractivity contribution is -0.158. The molecule has 13 heavy (non-hydrogen) atoms. The third kappa shape index (κ3) is 4.07. The Morgan fingerprint density at radius 3 is 2.15 bits per heavy atom. The molecule has 6 nitrogen and oxygen atoms in total. The molecule has 0 saturated heterocycles. The molecule has 0 aliphatic carbocycles. The van der Waals surface area contributed by atoms with Gasteiger partial charge in [0.15, 0.2) is 0 Å². The molecule has 0 aliphatic rings. The van der Waals surface area contributed by atoms with E-state index in [9.17, 15) is 19.3 Å². The zero-order valence-electron chi connectivity index (χ0n) is 6.93. The van der Waals surface area contributed by atoms with Gasteiger partial charge in [0.25, 0.3) is 0 Å². The first-order valence-electron chi connectivity index (χ1n) is 3.36. The van der Waals surface area contributed by atoms with Crippen LogP contribution in [-0.2, 0) is 14.2 Å². The average molecular weight is 209 g/mol. The predicted molar refractivity (Wildman–Crippen MR) is 42.6 cm³/mol. The van der Waals surface area contributed by atoms with Crippen LogP contribution in [0.3, 0.4) is 0 Å². The summed E-state index contributed by atoms with van der Waals surface area (Å²) in [4.78, 5) is 29.4. The molecule has 0 spiro atoms. The van der Waals surface area contributed by atoms with Gasteiger partial charge in [-0.05, 0) is 11.5 Å². The molecule has 0 aromatic rings. The van der Waals surface area contributed by atoms with E-state index in [4.69, 9.17) is 10.00 Å². The van der Waals surface area contributed by atoms with E-state index in [0.29, 0.717) is 0 Å². The van der Waals surface area contributed by atoms with Crippen LogP contribution in [0.1, 0.15) is 13.3 Å². The third-order valence-corrected chi connectivity index (χ3v) is 2.13. The van der Waals surface area contributed by atoms with Gasteiger partial charge in [0.2, 0.25) is 11.8 Å². The van der Waals surface area contributed by atoms with E-state index in [1.807, 2.05) is 0 Å². The maximum absolute atomic E-state index is 10.5. The number of carbonyl (C=O) groups excluding carboxylic acids is 1. The number of aliphatic hydroxyl groups is 1. The Kier molecular flexibility index (Phi) is 4.13. The highest BCUT2D eigenvalue weighted by Crippen LogP contribution is 2.24. The van der Waals surface area contributed by atoms with Gasteiger partial charge < -0.3 is 10.2 Å². The van der Waals surface area contributed by atoms with Crippen LogP contribution in [0.15, 0.2) is 0 Å². The van der Waals surface area contributed by atoms with Crippen molar-refractivity contribution in [3.05, 3.63) is 0 Å². The molecule has 0 fully saturated rings. The van der Waals surface area contributed by atoms with Crippen LogP contribution < -0.4 is 0 Å². The minimum Gasteiger partial charge on any atom is -0.479 e. The SMILES string of the molecule is CC(=O)CC(O)(C[P+](=O)O)C(=O)O. The molecule has 0 amide bonds. The lowest BCUT2D eigenvalue weighted by Crippen LogP contribution is -2.42. The number of carboxylic acid groups (broad SMARTS) is 1. The summed E-state index contributed by atoms with van der Waals surface area (Å²) in [5.74, 6) is -2.22. The standard InChI is InChI=1S/C6H9O6P/c1-4(7)2-6(10,5(8)9)3-13(11)12/h10H,2-3H2,1H3,(H-,8,9,11,12)/p+1. The zero-order valence-corrected chi connectivity index (χ0v) is 7.82. The van der Waals surface area contributed by atoms with Crippen LogP contribution in [0.4, 0.5) is 0 Å². The molecule has 0 rings (SSSR count). The lowest BCUT2D eigenvalue weighted by Gasteiger charge is -2.15. The van der Waals surface area contributed by atoms with Crippen molar-refractivity contribution in [2.75, 3.05) is 6.16 Å². The second-order valence-electron chi connectivity index (χ2n) is 2.73. The van der Waals surface area contributed by atoms with E-state index < -0.39 is 38.0 Å². The number of Topliss-reactive ketones (excluding diaryl/α,β-unsaturated/α-hetero) is 1. The summed E-state index contributed by atoms with van der Waals surface area (Å²) < 4.78 is 10.3. The highest BCUT2D eigenvalue weighted by Gasteiger charge is 2.44. The predicted octanol–water partition coefficient (Wildman–Crippen LogP) is -0.484. The molecule has 0 aromatic carbocycles. The highest BCUT2D eigenvalue weighted by molar-refractivity contribution is 7.38.